The lowest BCUT2D eigenvalue weighted by Crippen LogP contribution is -2.15. The summed E-state index contributed by atoms with van der Waals surface area (Å²) in [5.74, 6) is -1.43. The van der Waals surface area contributed by atoms with Crippen molar-refractivity contribution in [3.05, 3.63) is 50.7 Å². The highest BCUT2D eigenvalue weighted by Gasteiger charge is 2.36. The predicted molar refractivity (Wildman–Crippen MR) is 55.8 cm³/mol. The molecule has 2 rings (SSSR count). The molecule has 7 nitrogen and oxygen atoms in total. The maximum absolute atomic E-state index is 12.3. The number of H-pyrrole nitrogens is 1. The van der Waals surface area contributed by atoms with Gasteiger partial charge in [0.25, 0.3) is 5.69 Å². The Labute approximate surface area is 102 Å². The van der Waals surface area contributed by atoms with Crippen molar-refractivity contribution in [3.63, 3.8) is 0 Å². The van der Waals surface area contributed by atoms with Crippen LogP contribution in [-0.2, 0) is 6.18 Å². The number of nitro groups is 1. The number of non-ortho nitro benzene ring substituents is 1. The molecule has 1 aromatic carbocycles. The van der Waals surface area contributed by atoms with Gasteiger partial charge < -0.3 is 0 Å². The number of nitrogens with one attached hydrogen (secondary N) is 1. The fourth-order valence-electron chi connectivity index (χ4n) is 1.34. The van der Waals surface area contributed by atoms with E-state index in [2.05, 4.69) is 5.10 Å². The van der Waals surface area contributed by atoms with Crippen LogP contribution >= 0.6 is 0 Å². The van der Waals surface area contributed by atoms with Crippen molar-refractivity contribution in [2.24, 2.45) is 0 Å². The van der Waals surface area contributed by atoms with E-state index in [0.29, 0.717) is 4.68 Å². The summed E-state index contributed by atoms with van der Waals surface area (Å²) in [7, 11) is 0. The Morgan fingerprint density at radius 2 is 1.84 bits per heavy atom. The van der Waals surface area contributed by atoms with Crippen LogP contribution in [0.4, 0.5) is 18.9 Å². The summed E-state index contributed by atoms with van der Waals surface area (Å²) in [5.41, 5.74) is -1.34. The molecule has 0 saturated heterocycles. The highest BCUT2D eigenvalue weighted by atomic mass is 19.4. The molecule has 0 bridgehead atoms. The molecule has 1 heterocycles. The van der Waals surface area contributed by atoms with Crippen LogP contribution in [-0.4, -0.2) is 19.7 Å². The first-order valence-electron chi connectivity index (χ1n) is 4.80. The third-order valence-corrected chi connectivity index (χ3v) is 2.19. The topological polar surface area (TPSA) is 93.8 Å². The van der Waals surface area contributed by atoms with Crippen molar-refractivity contribution < 1.29 is 18.1 Å². The molecule has 0 radical (unpaired) electrons. The SMILES string of the molecule is O=c1[nH]c(C(F)(F)F)nn1-c1ccc([N+](=O)[O-])cc1. The summed E-state index contributed by atoms with van der Waals surface area (Å²) in [4.78, 5) is 22.6. The lowest BCUT2D eigenvalue weighted by Gasteiger charge is -2.00. The van der Waals surface area contributed by atoms with Crippen LogP contribution in [0.1, 0.15) is 5.82 Å². The second-order valence-electron chi connectivity index (χ2n) is 3.46. The number of hydrogen-bond acceptors (Lipinski definition) is 4. The van der Waals surface area contributed by atoms with Crippen LogP contribution in [0.15, 0.2) is 29.1 Å². The van der Waals surface area contributed by atoms with E-state index < -0.39 is 22.6 Å². The molecule has 0 unspecified atom stereocenters. The number of nitro benzene ring substituents is 1. The van der Waals surface area contributed by atoms with Gasteiger partial charge in [0, 0.05) is 12.1 Å². The van der Waals surface area contributed by atoms with Crippen LogP contribution in [0.25, 0.3) is 5.69 Å². The second kappa shape index (κ2) is 4.23. The van der Waals surface area contributed by atoms with Crippen LogP contribution in [0.2, 0.25) is 0 Å². The lowest BCUT2D eigenvalue weighted by molar-refractivity contribution is -0.384. The Balaban J connectivity index is 2.45. The van der Waals surface area contributed by atoms with Gasteiger partial charge in [-0.05, 0) is 12.1 Å². The molecule has 2 aromatic rings. The monoisotopic (exact) mass is 274 g/mol. The molecule has 0 aliphatic carbocycles. The largest absolute Gasteiger partial charge is 0.451 e. The summed E-state index contributed by atoms with van der Waals surface area (Å²) >= 11 is 0. The van der Waals surface area contributed by atoms with Crippen molar-refractivity contribution in [2.75, 3.05) is 0 Å². The first-order valence-corrected chi connectivity index (χ1v) is 4.80. The van der Waals surface area contributed by atoms with Gasteiger partial charge in [0.15, 0.2) is 0 Å². The Hall–Kier alpha value is -2.65. The molecule has 1 N–H and O–H groups in total. The van der Waals surface area contributed by atoms with E-state index in [4.69, 9.17) is 0 Å². The number of nitrogens with zero attached hydrogens (tertiary/aromatic N) is 3. The zero-order chi connectivity index (χ0) is 14.2. The summed E-state index contributed by atoms with van der Waals surface area (Å²) in [6.45, 7) is 0. The first-order chi connectivity index (χ1) is 8.79. The third kappa shape index (κ3) is 2.46. The van der Waals surface area contributed by atoms with Gasteiger partial charge in [-0.2, -0.15) is 17.9 Å². The molecular weight excluding hydrogens is 269 g/mol. The number of halogens is 3. The minimum Gasteiger partial charge on any atom is -0.285 e. The van der Waals surface area contributed by atoms with E-state index in [1.165, 1.54) is 0 Å². The molecule has 0 fully saturated rings. The molecule has 0 spiro atoms. The zero-order valence-corrected chi connectivity index (χ0v) is 9.01. The standard InChI is InChI=1S/C9H5F3N4O3/c10-9(11,12)7-13-8(17)15(14-7)5-1-3-6(4-2-5)16(18)19/h1-4H,(H,13,14,17). The number of alkyl halides is 3. The minimum atomic E-state index is -4.77. The highest BCUT2D eigenvalue weighted by molar-refractivity contribution is 5.40. The van der Waals surface area contributed by atoms with E-state index in [0.717, 1.165) is 24.3 Å². The van der Waals surface area contributed by atoms with Crippen LogP contribution < -0.4 is 5.69 Å². The molecule has 0 aliphatic rings. The summed E-state index contributed by atoms with van der Waals surface area (Å²) in [6.07, 6.45) is -4.77. The number of benzene rings is 1. The maximum atomic E-state index is 12.3. The molecular formula is C9H5F3N4O3. The molecule has 10 heteroatoms. The quantitative estimate of drug-likeness (QED) is 0.663. The number of rotatable bonds is 2. The van der Waals surface area contributed by atoms with Gasteiger partial charge in [0.05, 0.1) is 10.6 Å². The van der Waals surface area contributed by atoms with E-state index in [-0.39, 0.29) is 11.4 Å². The highest BCUT2D eigenvalue weighted by Crippen LogP contribution is 2.25. The Bertz CT molecular complexity index is 671. The van der Waals surface area contributed by atoms with E-state index in [9.17, 15) is 28.1 Å². The maximum Gasteiger partial charge on any atom is 0.451 e. The zero-order valence-electron chi connectivity index (χ0n) is 9.01. The van der Waals surface area contributed by atoms with Gasteiger partial charge in [-0.25, -0.2) is 4.79 Å². The van der Waals surface area contributed by atoms with Crippen LogP contribution in [0, 0.1) is 10.1 Å². The molecule has 0 saturated carbocycles. The summed E-state index contributed by atoms with van der Waals surface area (Å²) in [6, 6.07) is 4.37. The molecule has 0 aliphatic heterocycles. The van der Waals surface area contributed by atoms with Gasteiger partial charge in [0.2, 0.25) is 5.82 Å². The first kappa shape index (κ1) is 12.8. The minimum absolute atomic E-state index is 0.0117. The van der Waals surface area contributed by atoms with E-state index >= 15 is 0 Å². The van der Waals surface area contributed by atoms with Gasteiger partial charge in [-0.3, -0.25) is 15.1 Å². The molecule has 19 heavy (non-hydrogen) atoms. The molecule has 0 amide bonds. The Morgan fingerprint density at radius 1 is 1.26 bits per heavy atom. The van der Waals surface area contributed by atoms with Crippen molar-refractivity contribution in [2.45, 2.75) is 6.18 Å². The van der Waals surface area contributed by atoms with Gasteiger partial charge in [-0.15, -0.1) is 5.10 Å². The number of aromatic nitrogens is 3. The Kier molecular flexibility index (Phi) is 2.85. The number of hydrogen-bond donors (Lipinski definition) is 1. The van der Waals surface area contributed by atoms with Gasteiger partial charge in [0.1, 0.15) is 0 Å². The smallest absolute Gasteiger partial charge is 0.285 e. The van der Waals surface area contributed by atoms with Gasteiger partial charge >= 0.3 is 11.9 Å². The van der Waals surface area contributed by atoms with Crippen LogP contribution in [0.5, 0.6) is 0 Å². The molecule has 100 valence electrons. The average Bonchev–Trinajstić information content (AvgIpc) is 2.71. The summed E-state index contributed by atoms with van der Waals surface area (Å²) in [5, 5.41) is 13.5. The average molecular weight is 274 g/mol. The number of aromatic amines is 1. The van der Waals surface area contributed by atoms with Crippen molar-refractivity contribution >= 4 is 5.69 Å². The van der Waals surface area contributed by atoms with Crippen molar-refractivity contribution in [1.29, 1.82) is 0 Å². The Morgan fingerprint density at radius 3 is 2.26 bits per heavy atom. The van der Waals surface area contributed by atoms with Crippen LogP contribution in [0.3, 0.4) is 0 Å². The summed E-state index contributed by atoms with van der Waals surface area (Å²) < 4.78 is 37.5. The normalized spacial score (nSPS) is 11.5. The van der Waals surface area contributed by atoms with Crippen molar-refractivity contribution in [1.82, 2.24) is 14.8 Å². The fraction of sp³-hybridized carbons (Fsp3) is 0.111. The predicted octanol–water partition coefficient (Wildman–Crippen LogP) is 1.49. The van der Waals surface area contributed by atoms with Crippen molar-refractivity contribution in [3.8, 4) is 5.69 Å². The fourth-order valence-corrected chi connectivity index (χ4v) is 1.34. The van der Waals surface area contributed by atoms with Gasteiger partial charge in [-0.1, -0.05) is 0 Å². The molecule has 0 atom stereocenters. The lowest BCUT2D eigenvalue weighted by atomic mass is 10.3. The second-order valence-corrected chi connectivity index (χ2v) is 3.46. The van der Waals surface area contributed by atoms with E-state index in [1.54, 1.807) is 4.98 Å². The molecule has 1 aromatic heterocycles. The third-order valence-electron chi connectivity index (χ3n) is 2.19. The van der Waals surface area contributed by atoms with E-state index in [1.807, 2.05) is 0 Å².